The summed E-state index contributed by atoms with van der Waals surface area (Å²) in [7, 11) is 0. The second kappa shape index (κ2) is 3.55. The first-order valence-electron chi connectivity index (χ1n) is 5.13. The van der Waals surface area contributed by atoms with Gasteiger partial charge in [-0.3, -0.25) is 0 Å². The Morgan fingerprint density at radius 2 is 2.06 bits per heavy atom. The van der Waals surface area contributed by atoms with Crippen LogP contribution in [0.3, 0.4) is 0 Å². The molecular weight excluding hydrogens is 200 g/mol. The fourth-order valence-electron chi connectivity index (χ4n) is 1.97. The molecule has 2 aromatic rings. The molecule has 0 bridgehead atoms. The summed E-state index contributed by atoms with van der Waals surface area (Å²) in [6.07, 6.45) is 4.71. The number of hydrogen-bond donors (Lipinski definition) is 0. The molecule has 1 atom stereocenters. The van der Waals surface area contributed by atoms with E-state index < -0.39 is 6.29 Å². The predicted octanol–water partition coefficient (Wildman–Crippen LogP) is 2.71. The summed E-state index contributed by atoms with van der Waals surface area (Å²) < 4.78 is 10.9. The molecular formula is C14H10O2. The zero-order chi connectivity index (χ0) is 11.0. The van der Waals surface area contributed by atoms with Gasteiger partial charge >= 0.3 is 0 Å². The van der Waals surface area contributed by atoms with E-state index in [-0.39, 0.29) is 0 Å². The van der Waals surface area contributed by atoms with Crippen LogP contribution in [0.5, 0.6) is 5.75 Å². The van der Waals surface area contributed by atoms with Gasteiger partial charge in [-0.1, -0.05) is 30.3 Å². The first kappa shape index (κ1) is 9.26. The molecule has 0 N–H and O–H groups in total. The SMILES string of the molecule is C#CC1OCc2c(ccc3ccccc23)O1. The molecule has 0 aromatic heterocycles. The monoisotopic (exact) mass is 210 g/mol. The lowest BCUT2D eigenvalue weighted by Crippen LogP contribution is -2.23. The fraction of sp³-hybridized carbons (Fsp3) is 0.143. The third-order valence-electron chi connectivity index (χ3n) is 2.75. The van der Waals surface area contributed by atoms with Crippen LogP contribution in [0.2, 0.25) is 0 Å². The van der Waals surface area contributed by atoms with Crippen LogP contribution in [0.1, 0.15) is 5.56 Å². The number of hydrogen-bond acceptors (Lipinski definition) is 2. The normalized spacial score (nSPS) is 18.6. The molecule has 2 nitrogen and oxygen atoms in total. The molecule has 1 heterocycles. The topological polar surface area (TPSA) is 18.5 Å². The third-order valence-corrected chi connectivity index (χ3v) is 2.75. The van der Waals surface area contributed by atoms with E-state index in [1.165, 1.54) is 5.39 Å². The van der Waals surface area contributed by atoms with Crippen LogP contribution in [0.25, 0.3) is 10.8 Å². The summed E-state index contributed by atoms with van der Waals surface area (Å²) in [5.74, 6) is 3.28. The van der Waals surface area contributed by atoms with Crippen molar-refractivity contribution in [2.24, 2.45) is 0 Å². The summed E-state index contributed by atoms with van der Waals surface area (Å²) in [5.41, 5.74) is 1.07. The van der Waals surface area contributed by atoms with Gasteiger partial charge in [0.05, 0.1) is 6.61 Å². The molecule has 2 heteroatoms. The quantitative estimate of drug-likeness (QED) is 0.622. The average Bonchev–Trinajstić information content (AvgIpc) is 2.38. The van der Waals surface area contributed by atoms with Crippen molar-refractivity contribution in [2.75, 3.05) is 0 Å². The van der Waals surface area contributed by atoms with E-state index in [4.69, 9.17) is 15.9 Å². The van der Waals surface area contributed by atoms with Gasteiger partial charge in [0.1, 0.15) is 5.75 Å². The third kappa shape index (κ3) is 1.34. The van der Waals surface area contributed by atoms with Crippen molar-refractivity contribution in [3.8, 4) is 18.1 Å². The van der Waals surface area contributed by atoms with Crippen LogP contribution in [0.15, 0.2) is 36.4 Å². The number of ether oxygens (including phenoxy) is 2. The zero-order valence-corrected chi connectivity index (χ0v) is 8.64. The van der Waals surface area contributed by atoms with E-state index in [9.17, 15) is 0 Å². The van der Waals surface area contributed by atoms with Gasteiger partial charge in [-0.05, 0) is 22.8 Å². The fourth-order valence-corrected chi connectivity index (χ4v) is 1.97. The number of benzene rings is 2. The zero-order valence-electron chi connectivity index (χ0n) is 8.64. The standard InChI is InChI=1S/C14H10O2/c1-2-14-15-9-12-11-6-4-3-5-10(11)7-8-13(12)16-14/h1,3-8,14H,9H2. The van der Waals surface area contributed by atoms with Gasteiger partial charge in [0, 0.05) is 5.56 Å². The molecule has 0 radical (unpaired) electrons. The van der Waals surface area contributed by atoms with Crippen molar-refractivity contribution in [3.63, 3.8) is 0 Å². The maximum atomic E-state index is 5.53. The van der Waals surface area contributed by atoms with E-state index in [1.807, 2.05) is 24.3 Å². The molecule has 0 saturated heterocycles. The second-order valence-corrected chi connectivity index (χ2v) is 3.69. The maximum absolute atomic E-state index is 5.53. The average molecular weight is 210 g/mol. The van der Waals surface area contributed by atoms with Crippen LogP contribution in [-0.4, -0.2) is 6.29 Å². The molecule has 1 unspecified atom stereocenters. The van der Waals surface area contributed by atoms with Crippen LogP contribution in [0, 0.1) is 12.3 Å². The molecule has 0 amide bonds. The van der Waals surface area contributed by atoms with Gasteiger partial charge in [0.2, 0.25) is 0 Å². The van der Waals surface area contributed by atoms with Crippen molar-refractivity contribution in [1.82, 2.24) is 0 Å². The van der Waals surface area contributed by atoms with Gasteiger partial charge in [-0.15, -0.1) is 6.42 Å². The van der Waals surface area contributed by atoms with Crippen molar-refractivity contribution in [3.05, 3.63) is 42.0 Å². The van der Waals surface area contributed by atoms with E-state index in [2.05, 4.69) is 18.1 Å². The van der Waals surface area contributed by atoms with Crippen molar-refractivity contribution in [1.29, 1.82) is 0 Å². The smallest absolute Gasteiger partial charge is 0.264 e. The minimum Gasteiger partial charge on any atom is -0.453 e. The lowest BCUT2D eigenvalue weighted by molar-refractivity contribution is -0.0674. The van der Waals surface area contributed by atoms with Crippen molar-refractivity contribution in [2.45, 2.75) is 12.9 Å². The summed E-state index contributed by atoms with van der Waals surface area (Å²) in [4.78, 5) is 0. The Labute approximate surface area is 93.8 Å². The van der Waals surface area contributed by atoms with Crippen molar-refractivity contribution < 1.29 is 9.47 Å². The van der Waals surface area contributed by atoms with Gasteiger partial charge in [-0.25, -0.2) is 0 Å². The van der Waals surface area contributed by atoms with Crippen LogP contribution < -0.4 is 4.74 Å². The molecule has 0 aliphatic carbocycles. The highest BCUT2D eigenvalue weighted by atomic mass is 16.7. The number of rotatable bonds is 0. The molecule has 2 aromatic carbocycles. The molecule has 0 spiro atoms. The highest BCUT2D eigenvalue weighted by Crippen LogP contribution is 2.32. The number of fused-ring (bicyclic) bond motifs is 3. The Morgan fingerprint density at radius 3 is 2.94 bits per heavy atom. The summed E-state index contributed by atoms with van der Waals surface area (Å²) in [6.45, 7) is 0.506. The van der Waals surface area contributed by atoms with E-state index in [0.717, 1.165) is 16.7 Å². The number of terminal acetylenes is 1. The first-order valence-corrected chi connectivity index (χ1v) is 5.13. The second-order valence-electron chi connectivity index (χ2n) is 3.69. The summed E-state index contributed by atoms with van der Waals surface area (Å²) in [5, 5.41) is 2.35. The highest BCUT2D eigenvalue weighted by molar-refractivity contribution is 5.87. The van der Waals surface area contributed by atoms with E-state index >= 15 is 0 Å². The van der Waals surface area contributed by atoms with Gasteiger partial charge in [0.25, 0.3) is 6.29 Å². The van der Waals surface area contributed by atoms with Gasteiger partial charge in [-0.2, -0.15) is 0 Å². The van der Waals surface area contributed by atoms with Gasteiger partial charge in [0.15, 0.2) is 0 Å². The Bertz CT molecular complexity index is 581. The summed E-state index contributed by atoms with van der Waals surface area (Å²) in [6, 6.07) is 12.1. The molecule has 0 fully saturated rings. The summed E-state index contributed by atoms with van der Waals surface area (Å²) >= 11 is 0. The maximum Gasteiger partial charge on any atom is 0.264 e. The lowest BCUT2D eigenvalue weighted by Gasteiger charge is -2.23. The molecule has 16 heavy (non-hydrogen) atoms. The van der Waals surface area contributed by atoms with Gasteiger partial charge < -0.3 is 9.47 Å². The molecule has 1 aliphatic heterocycles. The minimum atomic E-state index is -0.561. The van der Waals surface area contributed by atoms with E-state index in [0.29, 0.717) is 6.61 Å². The Balaban J connectivity index is 2.19. The van der Waals surface area contributed by atoms with Crippen LogP contribution >= 0.6 is 0 Å². The Morgan fingerprint density at radius 1 is 1.19 bits per heavy atom. The molecule has 0 saturated carbocycles. The van der Waals surface area contributed by atoms with E-state index in [1.54, 1.807) is 0 Å². The Hall–Kier alpha value is -1.98. The van der Waals surface area contributed by atoms with Crippen LogP contribution in [-0.2, 0) is 11.3 Å². The minimum absolute atomic E-state index is 0.506. The molecule has 78 valence electrons. The predicted molar refractivity (Wildman–Crippen MR) is 62.0 cm³/mol. The first-order chi connectivity index (χ1) is 7.88. The highest BCUT2D eigenvalue weighted by Gasteiger charge is 2.19. The van der Waals surface area contributed by atoms with Crippen molar-refractivity contribution >= 4 is 10.8 Å². The lowest BCUT2D eigenvalue weighted by atomic mass is 10.0. The molecule has 1 aliphatic rings. The Kier molecular flexibility index (Phi) is 2.05. The van der Waals surface area contributed by atoms with Crippen LogP contribution in [0.4, 0.5) is 0 Å². The molecule has 3 rings (SSSR count). The largest absolute Gasteiger partial charge is 0.453 e.